The number of hydrogen-bond donors (Lipinski definition) is 0. The Kier molecular flexibility index (Phi) is 7.24. The first-order valence-corrected chi connectivity index (χ1v) is 11.3. The lowest BCUT2D eigenvalue weighted by atomic mass is 9.86. The van der Waals surface area contributed by atoms with Crippen LogP contribution in [0.5, 0.6) is 0 Å². The van der Waals surface area contributed by atoms with Gasteiger partial charge in [-0.1, -0.05) is 42.9 Å². The zero-order chi connectivity index (χ0) is 18.2. The summed E-state index contributed by atoms with van der Waals surface area (Å²) < 4.78 is 5.73. The first-order valence-electron chi connectivity index (χ1n) is 10.2. The third kappa shape index (κ3) is 5.90. The van der Waals surface area contributed by atoms with Crippen molar-refractivity contribution >= 4 is 17.7 Å². The van der Waals surface area contributed by atoms with Crippen molar-refractivity contribution in [3.8, 4) is 0 Å². The van der Waals surface area contributed by atoms with E-state index in [2.05, 4.69) is 43.4 Å². The molecule has 26 heavy (non-hydrogen) atoms. The maximum atomic E-state index is 12.2. The molecule has 0 saturated heterocycles. The molecule has 3 aliphatic carbocycles. The van der Waals surface area contributed by atoms with Crippen molar-refractivity contribution in [3.63, 3.8) is 0 Å². The highest BCUT2D eigenvalue weighted by Gasteiger charge is 2.32. The Hall–Kier alpha value is -1.22. The highest BCUT2D eigenvalue weighted by atomic mass is 32.2. The molecule has 1 atom stereocenters. The van der Waals surface area contributed by atoms with Gasteiger partial charge in [0.1, 0.15) is 5.60 Å². The van der Waals surface area contributed by atoms with Crippen molar-refractivity contribution in [3.05, 3.63) is 47.6 Å². The lowest BCUT2D eigenvalue weighted by Crippen LogP contribution is -2.29. The Morgan fingerprint density at radius 2 is 2.08 bits per heavy atom. The van der Waals surface area contributed by atoms with Crippen LogP contribution in [-0.4, -0.2) is 23.1 Å². The van der Waals surface area contributed by atoms with E-state index in [4.69, 9.17) is 4.74 Å². The predicted octanol–water partition coefficient (Wildman–Crippen LogP) is 6.15. The molecule has 0 aromatic carbocycles. The van der Waals surface area contributed by atoms with Crippen LogP contribution in [0.3, 0.4) is 0 Å². The number of ether oxygens (including phenoxy) is 1. The molecule has 0 aliphatic heterocycles. The molecule has 1 saturated carbocycles. The van der Waals surface area contributed by atoms with E-state index in [-0.39, 0.29) is 11.6 Å². The lowest BCUT2D eigenvalue weighted by Gasteiger charge is -2.24. The molecule has 0 radical (unpaired) electrons. The van der Waals surface area contributed by atoms with E-state index in [1.165, 1.54) is 49.7 Å². The molecule has 0 N–H and O–H groups in total. The lowest BCUT2D eigenvalue weighted by molar-refractivity contribution is -0.154. The zero-order valence-corrected chi connectivity index (χ0v) is 16.9. The van der Waals surface area contributed by atoms with Gasteiger partial charge < -0.3 is 4.74 Å². The van der Waals surface area contributed by atoms with Gasteiger partial charge in [-0.2, -0.15) is 0 Å². The molecule has 3 rings (SSSR count). The second-order valence-corrected chi connectivity index (χ2v) is 9.03. The molecule has 1 unspecified atom stereocenters. The molecule has 3 heteroatoms. The average Bonchev–Trinajstić information content (AvgIpc) is 3.05. The summed E-state index contributed by atoms with van der Waals surface area (Å²) in [6.45, 7) is 2.08. The summed E-state index contributed by atoms with van der Waals surface area (Å²) in [5.41, 5.74) is 2.59. The van der Waals surface area contributed by atoms with Gasteiger partial charge in [0.25, 0.3) is 0 Å². The van der Waals surface area contributed by atoms with Crippen LogP contribution < -0.4 is 0 Å². The van der Waals surface area contributed by atoms with Gasteiger partial charge in [0.2, 0.25) is 0 Å². The molecule has 2 nitrogen and oxygen atoms in total. The Labute approximate surface area is 162 Å². The molecule has 0 aromatic heterocycles. The van der Waals surface area contributed by atoms with Crippen LogP contribution in [0.15, 0.2) is 47.6 Å². The van der Waals surface area contributed by atoms with Crippen molar-refractivity contribution in [1.29, 1.82) is 0 Å². The van der Waals surface area contributed by atoms with E-state index in [1.54, 1.807) is 11.8 Å². The second kappa shape index (κ2) is 9.64. The predicted molar refractivity (Wildman–Crippen MR) is 111 cm³/mol. The first kappa shape index (κ1) is 19.5. The number of esters is 1. The summed E-state index contributed by atoms with van der Waals surface area (Å²) in [4.78, 5) is 12.2. The van der Waals surface area contributed by atoms with Crippen molar-refractivity contribution in [1.82, 2.24) is 0 Å². The van der Waals surface area contributed by atoms with Gasteiger partial charge in [-0.05, 0) is 75.4 Å². The summed E-state index contributed by atoms with van der Waals surface area (Å²) >= 11 is 1.68. The largest absolute Gasteiger partial charge is 0.459 e. The molecule has 0 aromatic rings. The Morgan fingerprint density at radius 3 is 2.92 bits per heavy atom. The molecule has 0 heterocycles. The fourth-order valence-electron chi connectivity index (χ4n) is 4.15. The number of fused-ring (bicyclic) bond motifs is 1. The molecule has 0 bridgehead atoms. The van der Waals surface area contributed by atoms with Gasteiger partial charge >= 0.3 is 5.97 Å². The van der Waals surface area contributed by atoms with Crippen molar-refractivity contribution in [2.75, 3.05) is 11.5 Å². The molecule has 3 aliphatic rings. The van der Waals surface area contributed by atoms with Crippen LogP contribution in [0.1, 0.15) is 64.7 Å². The number of rotatable bonds is 5. The fraction of sp³-hybridized carbons (Fsp3) is 0.609. The summed E-state index contributed by atoms with van der Waals surface area (Å²) in [5.74, 6) is 1.97. The van der Waals surface area contributed by atoms with Gasteiger partial charge in [-0.3, -0.25) is 4.79 Å². The average molecular weight is 373 g/mol. The first-order chi connectivity index (χ1) is 12.6. The van der Waals surface area contributed by atoms with Crippen LogP contribution in [0.4, 0.5) is 0 Å². The summed E-state index contributed by atoms with van der Waals surface area (Å²) in [7, 11) is 0. The number of thioether (sulfide) groups is 1. The number of carbonyl (C=O) groups excluding carboxylic acids is 1. The van der Waals surface area contributed by atoms with E-state index in [1.807, 2.05) is 0 Å². The van der Waals surface area contributed by atoms with E-state index < -0.39 is 0 Å². The smallest absolute Gasteiger partial charge is 0.316 e. The van der Waals surface area contributed by atoms with Crippen LogP contribution in [0.2, 0.25) is 0 Å². The van der Waals surface area contributed by atoms with Gasteiger partial charge in [-0.25, -0.2) is 0 Å². The molecule has 1 fully saturated rings. The normalized spacial score (nSPS) is 25.2. The van der Waals surface area contributed by atoms with Crippen molar-refractivity contribution in [2.24, 2.45) is 5.92 Å². The molecule has 0 spiro atoms. The van der Waals surface area contributed by atoms with Crippen LogP contribution >= 0.6 is 11.8 Å². The molecule has 142 valence electrons. The molecular weight excluding hydrogens is 340 g/mol. The number of hydrogen-bond acceptors (Lipinski definition) is 3. The van der Waals surface area contributed by atoms with Crippen LogP contribution in [0.25, 0.3) is 0 Å². The Bertz CT molecular complexity index is 606. The zero-order valence-electron chi connectivity index (χ0n) is 16.0. The standard InChI is InChI=1S/C23H32O2S/c1-23(15-7-8-16-23)25-22(24)18-26-17-19-9-3-2-4-10-20-11-5-6-12-21(20)14-13-19/h5-6,9,12-14,20H,2-4,7-8,10-11,15-18H2,1H3. The number of carbonyl (C=O) groups is 1. The molecular formula is C23H32O2S. The number of allylic oxidation sites excluding steroid dienone is 7. The highest BCUT2D eigenvalue weighted by Crippen LogP contribution is 2.33. The second-order valence-electron chi connectivity index (χ2n) is 8.05. The van der Waals surface area contributed by atoms with Crippen molar-refractivity contribution < 1.29 is 9.53 Å². The summed E-state index contributed by atoms with van der Waals surface area (Å²) in [5, 5.41) is 0. The van der Waals surface area contributed by atoms with Gasteiger partial charge in [-0.15, -0.1) is 11.8 Å². The van der Waals surface area contributed by atoms with Crippen LogP contribution in [-0.2, 0) is 9.53 Å². The maximum Gasteiger partial charge on any atom is 0.316 e. The quantitative estimate of drug-likeness (QED) is 0.541. The minimum absolute atomic E-state index is 0.0518. The Morgan fingerprint density at radius 1 is 1.23 bits per heavy atom. The van der Waals surface area contributed by atoms with E-state index >= 15 is 0 Å². The fourth-order valence-corrected chi connectivity index (χ4v) is 4.93. The minimum atomic E-state index is -0.205. The summed E-state index contributed by atoms with van der Waals surface area (Å²) in [6, 6.07) is 0. The summed E-state index contributed by atoms with van der Waals surface area (Å²) in [6.07, 6.45) is 24.2. The topological polar surface area (TPSA) is 26.3 Å². The minimum Gasteiger partial charge on any atom is -0.459 e. The van der Waals surface area contributed by atoms with E-state index in [0.29, 0.717) is 11.7 Å². The monoisotopic (exact) mass is 372 g/mol. The van der Waals surface area contributed by atoms with Gasteiger partial charge in [0.05, 0.1) is 5.75 Å². The van der Waals surface area contributed by atoms with Gasteiger partial charge in [0, 0.05) is 5.75 Å². The molecule has 0 amide bonds. The Balaban J connectivity index is 1.50. The maximum absolute atomic E-state index is 12.2. The third-order valence-corrected chi connectivity index (χ3v) is 6.71. The van der Waals surface area contributed by atoms with Crippen LogP contribution in [0, 0.1) is 5.92 Å². The SMILES string of the molecule is CC1(OC(=O)CSCC2=CCCCCC3CC=CC=C3C=C2)CCCC1. The highest BCUT2D eigenvalue weighted by molar-refractivity contribution is 8.00. The third-order valence-electron chi connectivity index (χ3n) is 5.73. The van der Waals surface area contributed by atoms with E-state index in [9.17, 15) is 4.79 Å². The van der Waals surface area contributed by atoms with Crippen molar-refractivity contribution in [2.45, 2.75) is 70.3 Å². The van der Waals surface area contributed by atoms with Gasteiger partial charge in [0.15, 0.2) is 0 Å². The van der Waals surface area contributed by atoms with E-state index in [0.717, 1.165) is 25.0 Å².